The Morgan fingerprint density at radius 2 is 2.06 bits per heavy atom. The van der Waals surface area contributed by atoms with Crippen molar-refractivity contribution >= 4 is 17.7 Å². The Bertz CT molecular complexity index is 391. The molecule has 1 aromatic carbocycles. The Morgan fingerprint density at radius 3 is 2.65 bits per heavy atom. The topological polar surface area (TPSA) is 49.3 Å². The van der Waals surface area contributed by atoms with Gasteiger partial charge in [0.2, 0.25) is 0 Å². The van der Waals surface area contributed by atoms with Gasteiger partial charge in [-0.2, -0.15) is 11.8 Å². The number of carboxylic acids is 1. The minimum atomic E-state index is -0.759. The number of thioether (sulfide) groups is 1. The fourth-order valence-corrected chi connectivity index (χ4v) is 3.02. The fraction of sp³-hybridized carbons (Fsp3) is 0.462. The zero-order chi connectivity index (χ0) is 12.1. The Balaban J connectivity index is 1.87. The van der Waals surface area contributed by atoms with Crippen LogP contribution in [0.4, 0.5) is 0 Å². The number of carbonyl (C=O) groups is 1. The van der Waals surface area contributed by atoms with Gasteiger partial charge in [-0.1, -0.05) is 24.3 Å². The molecule has 4 heteroatoms. The number of aliphatic carboxylic acids is 1. The molecule has 1 aliphatic rings. The summed E-state index contributed by atoms with van der Waals surface area (Å²) in [5.41, 5.74) is 2.10. The molecule has 1 aliphatic heterocycles. The van der Waals surface area contributed by atoms with Crippen molar-refractivity contribution in [3.63, 3.8) is 0 Å². The van der Waals surface area contributed by atoms with Crippen molar-refractivity contribution < 1.29 is 9.90 Å². The van der Waals surface area contributed by atoms with E-state index < -0.39 is 5.97 Å². The Kier molecular flexibility index (Phi) is 4.45. The van der Waals surface area contributed by atoms with Crippen molar-refractivity contribution in [2.45, 2.75) is 12.2 Å². The van der Waals surface area contributed by atoms with Crippen LogP contribution in [-0.2, 0) is 17.0 Å². The first-order chi connectivity index (χ1) is 8.25. The molecule has 0 saturated carbocycles. The predicted octanol–water partition coefficient (Wildman–Crippen LogP) is 1.77. The van der Waals surface area contributed by atoms with Crippen LogP contribution in [0.15, 0.2) is 24.3 Å². The lowest BCUT2D eigenvalue weighted by atomic mass is 10.1. The molecule has 1 aromatic rings. The second kappa shape index (κ2) is 6.07. The van der Waals surface area contributed by atoms with Gasteiger partial charge in [-0.3, -0.25) is 4.79 Å². The number of rotatable bonds is 6. The third-order valence-electron chi connectivity index (χ3n) is 2.94. The quantitative estimate of drug-likeness (QED) is 0.809. The minimum absolute atomic E-state index is 0.127. The SMILES string of the molecule is O=C(O)Cc1ccccc1CSCC1CNC1. The van der Waals surface area contributed by atoms with Gasteiger partial charge in [0.1, 0.15) is 0 Å². The number of carboxylic acid groups (broad SMARTS) is 1. The Hall–Kier alpha value is -1.00. The van der Waals surface area contributed by atoms with Gasteiger partial charge in [-0.05, 0) is 35.9 Å². The van der Waals surface area contributed by atoms with Gasteiger partial charge < -0.3 is 10.4 Å². The maximum absolute atomic E-state index is 10.7. The highest BCUT2D eigenvalue weighted by molar-refractivity contribution is 7.98. The van der Waals surface area contributed by atoms with Gasteiger partial charge in [0, 0.05) is 5.75 Å². The van der Waals surface area contributed by atoms with Crippen molar-refractivity contribution in [2.75, 3.05) is 18.8 Å². The lowest BCUT2D eigenvalue weighted by Crippen LogP contribution is -2.43. The van der Waals surface area contributed by atoms with Crippen LogP contribution in [-0.4, -0.2) is 29.9 Å². The van der Waals surface area contributed by atoms with E-state index in [0.29, 0.717) is 0 Å². The lowest BCUT2D eigenvalue weighted by molar-refractivity contribution is -0.136. The molecule has 92 valence electrons. The molecular formula is C13H17NO2S. The molecule has 0 spiro atoms. The third-order valence-corrected chi connectivity index (χ3v) is 4.16. The van der Waals surface area contributed by atoms with Crippen LogP contribution < -0.4 is 5.32 Å². The van der Waals surface area contributed by atoms with E-state index in [1.165, 1.54) is 0 Å². The first-order valence-corrected chi connectivity index (χ1v) is 6.98. The van der Waals surface area contributed by atoms with Gasteiger partial charge in [-0.15, -0.1) is 0 Å². The highest BCUT2D eigenvalue weighted by Crippen LogP contribution is 2.20. The molecule has 0 aliphatic carbocycles. The van der Waals surface area contributed by atoms with Crippen LogP contribution in [0.5, 0.6) is 0 Å². The normalized spacial score (nSPS) is 15.5. The van der Waals surface area contributed by atoms with Crippen molar-refractivity contribution in [3.8, 4) is 0 Å². The van der Waals surface area contributed by atoms with Crippen LogP contribution in [0.2, 0.25) is 0 Å². The summed E-state index contributed by atoms with van der Waals surface area (Å²) in [4.78, 5) is 10.7. The highest BCUT2D eigenvalue weighted by atomic mass is 32.2. The average molecular weight is 251 g/mol. The van der Waals surface area contributed by atoms with E-state index in [4.69, 9.17) is 5.11 Å². The number of nitrogens with one attached hydrogen (secondary N) is 1. The molecule has 2 N–H and O–H groups in total. The summed E-state index contributed by atoms with van der Waals surface area (Å²) in [5, 5.41) is 12.1. The molecule has 3 nitrogen and oxygen atoms in total. The lowest BCUT2D eigenvalue weighted by Gasteiger charge is -2.26. The summed E-state index contributed by atoms with van der Waals surface area (Å²) >= 11 is 1.90. The summed E-state index contributed by atoms with van der Waals surface area (Å²) < 4.78 is 0. The van der Waals surface area contributed by atoms with Crippen molar-refractivity contribution in [1.82, 2.24) is 5.32 Å². The molecule has 1 fully saturated rings. The fourth-order valence-electron chi connectivity index (χ4n) is 1.84. The maximum Gasteiger partial charge on any atom is 0.307 e. The van der Waals surface area contributed by atoms with Crippen molar-refractivity contribution in [3.05, 3.63) is 35.4 Å². The van der Waals surface area contributed by atoms with Crippen LogP contribution >= 0.6 is 11.8 Å². The summed E-state index contributed by atoms with van der Waals surface area (Å²) in [6, 6.07) is 7.83. The van der Waals surface area contributed by atoms with Gasteiger partial charge in [-0.25, -0.2) is 0 Å². The van der Waals surface area contributed by atoms with E-state index >= 15 is 0 Å². The van der Waals surface area contributed by atoms with Crippen LogP contribution in [0.3, 0.4) is 0 Å². The molecule has 17 heavy (non-hydrogen) atoms. The van der Waals surface area contributed by atoms with Crippen LogP contribution in [0.1, 0.15) is 11.1 Å². The molecular weight excluding hydrogens is 234 g/mol. The maximum atomic E-state index is 10.7. The summed E-state index contributed by atoms with van der Waals surface area (Å²) in [7, 11) is 0. The third kappa shape index (κ3) is 3.75. The summed E-state index contributed by atoms with van der Waals surface area (Å²) in [6.45, 7) is 2.26. The molecule has 1 heterocycles. The van der Waals surface area contributed by atoms with Gasteiger partial charge >= 0.3 is 5.97 Å². The van der Waals surface area contributed by atoms with Crippen LogP contribution in [0, 0.1) is 5.92 Å². The Labute approximate surface area is 106 Å². The smallest absolute Gasteiger partial charge is 0.307 e. The summed E-state index contributed by atoms with van der Waals surface area (Å²) in [5.74, 6) is 2.12. The van der Waals surface area contributed by atoms with Gasteiger partial charge in [0.05, 0.1) is 6.42 Å². The van der Waals surface area contributed by atoms with Gasteiger partial charge in [0.25, 0.3) is 0 Å². The second-order valence-corrected chi connectivity index (χ2v) is 5.41. The molecule has 0 aromatic heterocycles. The number of benzene rings is 1. The zero-order valence-corrected chi connectivity index (χ0v) is 10.5. The predicted molar refractivity (Wildman–Crippen MR) is 70.3 cm³/mol. The molecule has 0 unspecified atom stereocenters. The molecule has 0 amide bonds. The second-order valence-electron chi connectivity index (χ2n) is 4.38. The standard InChI is InChI=1S/C13H17NO2S/c15-13(16)5-11-3-1-2-4-12(11)9-17-8-10-6-14-7-10/h1-4,10,14H,5-9H2,(H,15,16). The Morgan fingerprint density at radius 1 is 1.35 bits per heavy atom. The van der Waals surface area contributed by atoms with Crippen molar-refractivity contribution in [2.24, 2.45) is 5.92 Å². The number of hydrogen-bond donors (Lipinski definition) is 2. The first-order valence-electron chi connectivity index (χ1n) is 5.82. The highest BCUT2D eigenvalue weighted by Gasteiger charge is 2.16. The average Bonchev–Trinajstić information content (AvgIpc) is 2.23. The van der Waals surface area contributed by atoms with E-state index in [-0.39, 0.29) is 6.42 Å². The molecule has 1 saturated heterocycles. The molecule has 0 atom stereocenters. The van der Waals surface area contributed by atoms with E-state index in [9.17, 15) is 4.79 Å². The minimum Gasteiger partial charge on any atom is -0.481 e. The number of hydrogen-bond acceptors (Lipinski definition) is 3. The first kappa shape index (κ1) is 12.5. The van der Waals surface area contributed by atoms with E-state index in [0.717, 1.165) is 41.6 Å². The molecule has 0 radical (unpaired) electrons. The monoisotopic (exact) mass is 251 g/mol. The van der Waals surface area contributed by atoms with E-state index in [1.54, 1.807) is 0 Å². The molecule has 2 rings (SSSR count). The summed E-state index contributed by atoms with van der Waals surface area (Å²) in [6.07, 6.45) is 0.127. The zero-order valence-electron chi connectivity index (χ0n) is 9.69. The van der Waals surface area contributed by atoms with E-state index in [2.05, 4.69) is 5.32 Å². The molecule has 0 bridgehead atoms. The largest absolute Gasteiger partial charge is 0.481 e. The van der Waals surface area contributed by atoms with Crippen LogP contribution in [0.25, 0.3) is 0 Å². The van der Waals surface area contributed by atoms with Gasteiger partial charge in [0.15, 0.2) is 0 Å². The van der Waals surface area contributed by atoms with Crippen molar-refractivity contribution in [1.29, 1.82) is 0 Å². The van der Waals surface area contributed by atoms with E-state index in [1.807, 2.05) is 36.0 Å².